The Morgan fingerprint density at radius 2 is 1.47 bits per heavy atom. The molecule has 88 valence electrons. The number of hydrogen-bond acceptors (Lipinski definition) is 1. The normalized spacial score (nSPS) is 15.7. The minimum atomic E-state index is -1.35. The molecule has 0 nitrogen and oxygen atoms in total. The third-order valence-electron chi connectivity index (χ3n) is 1.84. The second-order valence-corrected chi connectivity index (χ2v) is 17.9. The summed E-state index contributed by atoms with van der Waals surface area (Å²) in [6.45, 7) is 13.6. The molecule has 5 heteroatoms. The molecule has 0 heterocycles. The highest BCUT2D eigenvalue weighted by Crippen LogP contribution is 2.31. The van der Waals surface area contributed by atoms with Gasteiger partial charge in [0.25, 0.3) is 0 Å². The molecule has 15 heavy (non-hydrogen) atoms. The van der Waals surface area contributed by atoms with Gasteiger partial charge in [-0.15, -0.1) is 11.8 Å². The van der Waals surface area contributed by atoms with Gasteiger partial charge < -0.3 is 0 Å². The molecule has 0 aromatic heterocycles. The maximum Gasteiger partial charge on any atom is 0.0929 e. The monoisotopic (exact) mass is 298 g/mol. The van der Waals surface area contributed by atoms with Crippen LogP contribution in [0.15, 0.2) is 20.1 Å². The van der Waals surface area contributed by atoms with Crippen molar-refractivity contribution in [1.29, 1.82) is 0 Å². The number of rotatable bonds is 4. The molecule has 0 saturated heterocycles. The Bertz CT molecular complexity index is 272. The van der Waals surface area contributed by atoms with Gasteiger partial charge in [0.05, 0.1) is 16.1 Å². The minimum absolute atomic E-state index is 1.02. The average molecular weight is 299 g/mol. The van der Waals surface area contributed by atoms with Gasteiger partial charge >= 0.3 is 0 Å². The lowest BCUT2D eigenvalue weighted by Gasteiger charge is -2.19. The first-order valence-electron chi connectivity index (χ1n) is 4.92. The first-order valence-corrected chi connectivity index (χ1v) is 13.6. The van der Waals surface area contributed by atoms with Crippen molar-refractivity contribution in [3.05, 3.63) is 20.1 Å². The molecule has 0 radical (unpaired) electrons. The molecule has 0 aliphatic carbocycles. The van der Waals surface area contributed by atoms with Gasteiger partial charge in [0.2, 0.25) is 0 Å². The van der Waals surface area contributed by atoms with Gasteiger partial charge in [-0.25, -0.2) is 0 Å². The van der Waals surface area contributed by atoms with Crippen LogP contribution in [-0.2, 0) is 0 Å². The lowest BCUT2D eigenvalue weighted by atomic mass is 11.2. The summed E-state index contributed by atoms with van der Waals surface area (Å²) in [6, 6.07) is 0. The lowest BCUT2D eigenvalue weighted by molar-refractivity contribution is 1.74. The summed E-state index contributed by atoms with van der Waals surface area (Å²) in [7, 11) is -2.66. The fourth-order valence-corrected chi connectivity index (χ4v) is 5.72. The summed E-state index contributed by atoms with van der Waals surface area (Å²) >= 11 is 13.8. The number of thioether (sulfide) groups is 1. The number of hydrogen-bond donors (Lipinski definition) is 0. The molecule has 0 aromatic carbocycles. The minimum Gasteiger partial charge on any atom is -0.105 e. The second kappa shape index (κ2) is 5.96. The molecule has 0 spiro atoms. The van der Waals surface area contributed by atoms with Gasteiger partial charge in [0, 0.05) is 10.2 Å². The second-order valence-electron chi connectivity index (χ2n) is 5.56. The molecule has 0 aliphatic heterocycles. The first kappa shape index (κ1) is 15.8. The van der Waals surface area contributed by atoms with E-state index in [2.05, 4.69) is 44.7 Å². The summed E-state index contributed by atoms with van der Waals surface area (Å²) < 4.78 is 2.29. The van der Waals surface area contributed by atoms with Crippen LogP contribution >= 0.6 is 35.0 Å². The van der Waals surface area contributed by atoms with Crippen LogP contribution in [0.2, 0.25) is 39.3 Å². The smallest absolute Gasteiger partial charge is 0.0929 e. The molecule has 0 fully saturated rings. The number of halogens is 2. The van der Waals surface area contributed by atoms with E-state index in [1.54, 1.807) is 17.3 Å². The van der Waals surface area contributed by atoms with E-state index in [4.69, 9.17) is 23.2 Å². The van der Waals surface area contributed by atoms with Crippen LogP contribution < -0.4 is 0 Å². The molecular weight excluding hydrogens is 279 g/mol. The molecule has 0 rings (SSSR count). The van der Waals surface area contributed by atoms with Crippen molar-refractivity contribution in [3.63, 3.8) is 0 Å². The summed E-state index contributed by atoms with van der Waals surface area (Å²) in [6.07, 6.45) is 0. The van der Waals surface area contributed by atoms with E-state index in [1.807, 2.05) is 0 Å². The zero-order valence-electron chi connectivity index (χ0n) is 10.3. The van der Waals surface area contributed by atoms with Crippen LogP contribution in [0.4, 0.5) is 0 Å². The van der Waals surface area contributed by atoms with Gasteiger partial charge in [0.1, 0.15) is 0 Å². The summed E-state index contributed by atoms with van der Waals surface area (Å²) in [4.78, 5) is 0. The fraction of sp³-hybridized carbons (Fsp3) is 0.600. The van der Waals surface area contributed by atoms with Gasteiger partial charge in [0.15, 0.2) is 0 Å². The van der Waals surface area contributed by atoms with Crippen molar-refractivity contribution in [2.75, 3.05) is 0 Å². The van der Waals surface area contributed by atoms with Gasteiger partial charge in [-0.2, -0.15) is 0 Å². The zero-order valence-corrected chi connectivity index (χ0v) is 14.6. The molecule has 0 atom stereocenters. The SMILES string of the molecule is C[Si](C)(C)/C(Cl)=C\S/C(=C/Cl)[Si](C)(C)C. The molecule has 0 aromatic rings. The Morgan fingerprint density at radius 3 is 1.73 bits per heavy atom. The molecule has 0 N–H and O–H groups in total. The third kappa shape index (κ3) is 6.22. The highest BCUT2D eigenvalue weighted by molar-refractivity contribution is 8.08. The summed E-state index contributed by atoms with van der Waals surface area (Å²) in [5.74, 6) is 0. The van der Waals surface area contributed by atoms with Crippen LogP contribution in [0.3, 0.4) is 0 Å². The van der Waals surface area contributed by atoms with Crippen LogP contribution in [0.25, 0.3) is 0 Å². The third-order valence-corrected chi connectivity index (χ3v) is 10.6. The molecule has 0 amide bonds. The molecule has 0 saturated carbocycles. The topological polar surface area (TPSA) is 0 Å². The van der Waals surface area contributed by atoms with Crippen LogP contribution in [-0.4, -0.2) is 16.1 Å². The van der Waals surface area contributed by atoms with Crippen molar-refractivity contribution in [3.8, 4) is 0 Å². The lowest BCUT2D eigenvalue weighted by Crippen LogP contribution is -2.22. The van der Waals surface area contributed by atoms with Crippen molar-refractivity contribution in [2.24, 2.45) is 0 Å². The predicted molar refractivity (Wildman–Crippen MR) is 82.2 cm³/mol. The van der Waals surface area contributed by atoms with Crippen molar-refractivity contribution < 1.29 is 0 Å². The Balaban J connectivity index is 4.64. The van der Waals surface area contributed by atoms with E-state index in [0.29, 0.717) is 0 Å². The Morgan fingerprint density at radius 1 is 1.00 bits per heavy atom. The molecule has 0 aliphatic rings. The predicted octanol–water partition coefficient (Wildman–Crippen LogP) is 5.63. The zero-order chi connectivity index (χ0) is 12.3. The Labute approximate surface area is 110 Å². The fourth-order valence-electron chi connectivity index (χ4n) is 0.658. The Kier molecular flexibility index (Phi) is 6.30. The van der Waals surface area contributed by atoms with E-state index in [1.165, 1.54) is 4.53 Å². The van der Waals surface area contributed by atoms with Crippen molar-refractivity contribution in [2.45, 2.75) is 39.3 Å². The maximum absolute atomic E-state index is 6.26. The molecule has 0 unspecified atom stereocenters. The highest BCUT2D eigenvalue weighted by Gasteiger charge is 2.21. The standard InChI is InChI=1S/C10H20Cl2SSi2/c1-14(2,3)9(12)8-13-10(7-11)15(4,5)6/h7-8H,1-6H3/b9-8-,10-7-. The molecule has 0 bridgehead atoms. The van der Waals surface area contributed by atoms with Gasteiger partial charge in [-0.05, 0) is 9.94 Å². The van der Waals surface area contributed by atoms with Crippen LogP contribution in [0.1, 0.15) is 0 Å². The Hall–Kier alpha value is 0.844. The average Bonchev–Trinajstić information content (AvgIpc) is 2.00. The largest absolute Gasteiger partial charge is 0.105 e. The van der Waals surface area contributed by atoms with Crippen molar-refractivity contribution in [1.82, 2.24) is 0 Å². The van der Waals surface area contributed by atoms with Crippen LogP contribution in [0.5, 0.6) is 0 Å². The first-order chi connectivity index (χ1) is 6.59. The van der Waals surface area contributed by atoms with E-state index in [-0.39, 0.29) is 0 Å². The summed E-state index contributed by atoms with van der Waals surface area (Å²) in [5.41, 5.74) is 1.71. The summed E-state index contributed by atoms with van der Waals surface area (Å²) in [5, 5.41) is 2.07. The maximum atomic E-state index is 6.26. The quantitative estimate of drug-likeness (QED) is 0.606. The molecular formula is C10H20Cl2SSi2. The van der Waals surface area contributed by atoms with Gasteiger partial charge in [-0.1, -0.05) is 62.5 Å². The van der Waals surface area contributed by atoms with E-state index in [9.17, 15) is 0 Å². The van der Waals surface area contributed by atoms with Gasteiger partial charge in [-0.3, -0.25) is 0 Å². The van der Waals surface area contributed by atoms with E-state index in [0.717, 1.165) is 4.66 Å². The van der Waals surface area contributed by atoms with Crippen LogP contribution in [0, 0.1) is 0 Å². The van der Waals surface area contributed by atoms with E-state index >= 15 is 0 Å². The van der Waals surface area contributed by atoms with E-state index < -0.39 is 16.1 Å². The van der Waals surface area contributed by atoms with Crippen molar-refractivity contribution >= 4 is 51.1 Å². The highest BCUT2D eigenvalue weighted by atomic mass is 35.5.